The number of aryl methyl sites for hydroxylation is 1. The highest BCUT2D eigenvalue weighted by atomic mass is 35.5. The Morgan fingerprint density at radius 3 is 2.47 bits per heavy atom. The van der Waals surface area contributed by atoms with Crippen LogP contribution in [-0.4, -0.2) is 18.5 Å². The zero-order chi connectivity index (χ0) is 13.7. The molecule has 108 valence electrons. The van der Waals surface area contributed by atoms with Gasteiger partial charge in [0.2, 0.25) is 0 Å². The maximum absolute atomic E-state index is 13.2. The zero-order valence-electron chi connectivity index (χ0n) is 11.6. The first-order valence-electron chi connectivity index (χ1n) is 6.20. The average molecular weight is 289 g/mol. The predicted octanol–water partition coefficient (Wildman–Crippen LogP) is 2.66. The zero-order valence-corrected chi connectivity index (χ0v) is 12.4. The van der Waals surface area contributed by atoms with Gasteiger partial charge in [-0.1, -0.05) is 13.8 Å². The highest BCUT2D eigenvalue weighted by Crippen LogP contribution is 2.10. The Bertz CT molecular complexity index is 404. The average Bonchev–Trinajstić information content (AvgIpc) is 2.26. The van der Waals surface area contributed by atoms with Gasteiger partial charge in [-0.25, -0.2) is 4.39 Å². The maximum atomic E-state index is 13.2. The van der Waals surface area contributed by atoms with Crippen LogP contribution in [0.5, 0.6) is 0 Å². The van der Waals surface area contributed by atoms with Crippen molar-refractivity contribution in [1.82, 2.24) is 5.32 Å². The minimum absolute atomic E-state index is 0. The molecule has 0 radical (unpaired) electrons. The molecule has 0 spiro atoms. The van der Waals surface area contributed by atoms with Crippen molar-refractivity contribution < 1.29 is 9.18 Å². The second kappa shape index (κ2) is 8.12. The van der Waals surface area contributed by atoms with E-state index in [2.05, 4.69) is 19.2 Å². The molecule has 0 saturated carbocycles. The molecule has 1 atom stereocenters. The molecule has 1 unspecified atom stereocenters. The molecule has 19 heavy (non-hydrogen) atoms. The van der Waals surface area contributed by atoms with Gasteiger partial charge in [0.25, 0.3) is 5.91 Å². The van der Waals surface area contributed by atoms with Crippen LogP contribution in [0.3, 0.4) is 0 Å². The van der Waals surface area contributed by atoms with Crippen molar-refractivity contribution in [2.75, 3.05) is 6.54 Å². The summed E-state index contributed by atoms with van der Waals surface area (Å²) in [6, 6.07) is 4.24. The highest BCUT2D eigenvalue weighted by molar-refractivity contribution is 5.94. The molecule has 0 aromatic heterocycles. The molecule has 0 saturated heterocycles. The van der Waals surface area contributed by atoms with Gasteiger partial charge in [0.15, 0.2) is 0 Å². The lowest BCUT2D eigenvalue weighted by atomic mass is 10.0. The van der Waals surface area contributed by atoms with Crippen LogP contribution < -0.4 is 11.1 Å². The van der Waals surface area contributed by atoms with Crippen LogP contribution in [0.2, 0.25) is 0 Å². The quantitative estimate of drug-likeness (QED) is 0.875. The van der Waals surface area contributed by atoms with E-state index in [4.69, 9.17) is 5.73 Å². The first-order valence-corrected chi connectivity index (χ1v) is 6.20. The van der Waals surface area contributed by atoms with Gasteiger partial charge in [0.1, 0.15) is 5.82 Å². The number of halogens is 2. The van der Waals surface area contributed by atoms with Crippen molar-refractivity contribution in [2.24, 2.45) is 11.7 Å². The molecule has 3 N–H and O–H groups in total. The molecule has 0 aliphatic carbocycles. The lowest BCUT2D eigenvalue weighted by Crippen LogP contribution is -2.41. The smallest absolute Gasteiger partial charge is 0.251 e. The Morgan fingerprint density at radius 2 is 2.00 bits per heavy atom. The number of amides is 1. The van der Waals surface area contributed by atoms with E-state index >= 15 is 0 Å². The topological polar surface area (TPSA) is 55.1 Å². The Kier molecular flexibility index (Phi) is 7.64. The van der Waals surface area contributed by atoms with E-state index in [1.807, 2.05) is 0 Å². The minimum Gasteiger partial charge on any atom is -0.348 e. The molecular formula is C14H22ClFN2O. The number of benzene rings is 1. The number of carbonyl (C=O) groups is 1. The van der Waals surface area contributed by atoms with E-state index in [-0.39, 0.29) is 24.4 Å². The second-order valence-electron chi connectivity index (χ2n) is 5.05. The second-order valence-corrected chi connectivity index (χ2v) is 5.05. The summed E-state index contributed by atoms with van der Waals surface area (Å²) in [5, 5.41) is 2.84. The fourth-order valence-corrected chi connectivity index (χ4v) is 1.92. The third kappa shape index (κ3) is 6.03. The van der Waals surface area contributed by atoms with E-state index in [0.717, 1.165) is 12.0 Å². The van der Waals surface area contributed by atoms with Crippen molar-refractivity contribution in [3.8, 4) is 0 Å². The summed E-state index contributed by atoms with van der Waals surface area (Å²) >= 11 is 0. The van der Waals surface area contributed by atoms with Crippen LogP contribution >= 0.6 is 12.4 Å². The summed E-state index contributed by atoms with van der Waals surface area (Å²) in [5.41, 5.74) is 6.69. The Balaban J connectivity index is 0.00000324. The summed E-state index contributed by atoms with van der Waals surface area (Å²) < 4.78 is 13.2. The van der Waals surface area contributed by atoms with Crippen LogP contribution in [0.4, 0.5) is 4.39 Å². The normalized spacial score (nSPS) is 11.9. The molecule has 0 bridgehead atoms. The molecule has 0 fully saturated rings. The lowest BCUT2D eigenvalue weighted by Gasteiger charge is -2.19. The lowest BCUT2D eigenvalue weighted by molar-refractivity contribution is 0.0933. The minimum atomic E-state index is -0.395. The number of nitrogens with two attached hydrogens (primary N) is 1. The van der Waals surface area contributed by atoms with Crippen LogP contribution in [0.15, 0.2) is 18.2 Å². The van der Waals surface area contributed by atoms with Crippen molar-refractivity contribution in [3.63, 3.8) is 0 Å². The van der Waals surface area contributed by atoms with E-state index in [9.17, 15) is 9.18 Å². The third-order valence-corrected chi connectivity index (χ3v) is 2.68. The maximum Gasteiger partial charge on any atom is 0.251 e. The van der Waals surface area contributed by atoms with Crippen LogP contribution in [0.1, 0.15) is 36.2 Å². The molecule has 1 aromatic carbocycles. The summed E-state index contributed by atoms with van der Waals surface area (Å²) in [6.07, 6.45) is 0.816. The first kappa shape index (κ1) is 17.9. The molecule has 0 aliphatic heterocycles. The molecule has 1 rings (SSSR count). The van der Waals surface area contributed by atoms with Crippen molar-refractivity contribution in [3.05, 3.63) is 35.1 Å². The Labute approximate surface area is 120 Å². The van der Waals surface area contributed by atoms with Crippen molar-refractivity contribution in [2.45, 2.75) is 33.2 Å². The summed E-state index contributed by atoms with van der Waals surface area (Å²) in [4.78, 5) is 12.0. The van der Waals surface area contributed by atoms with E-state index < -0.39 is 5.82 Å². The molecule has 1 aromatic rings. The first-order chi connectivity index (χ1) is 8.42. The van der Waals surface area contributed by atoms with Crippen molar-refractivity contribution in [1.29, 1.82) is 0 Å². The van der Waals surface area contributed by atoms with Gasteiger partial charge in [0, 0.05) is 18.2 Å². The number of nitrogens with one attached hydrogen (secondary N) is 1. The van der Waals surface area contributed by atoms with Gasteiger partial charge < -0.3 is 11.1 Å². The monoisotopic (exact) mass is 288 g/mol. The summed E-state index contributed by atoms with van der Waals surface area (Å²) in [7, 11) is 0. The fourth-order valence-electron chi connectivity index (χ4n) is 1.92. The Hall–Kier alpha value is -1.13. The fraction of sp³-hybridized carbons (Fsp3) is 0.500. The molecule has 5 heteroatoms. The van der Waals surface area contributed by atoms with Crippen LogP contribution in [-0.2, 0) is 0 Å². The molecule has 0 heterocycles. The van der Waals surface area contributed by atoms with E-state index in [0.29, 0.717) is 18.0 Å². The third-order valence-electron chi connectivity index (χ3n) is 2.68. The van der Waals surface area contributed by atoms with Gasteiger partial charge in [-0.3, -0.25) is 4.79 Å². The van der Waals surface area contributed by atoms with Crippen LogP contribution in [0, 0.1) is 18.7 Å². The van der Waals surface area contributed by atoms with Gasteiger partial charge in [0.05, 0.1) is 0 Å². The van der Waals surface area contributed by atoms with Gasteiger partial charge in [-0.15, -0.1) is 12.4 Å². The van der Waals surface area contributed by atoms with E-state index in [1.54, 1.807) is 13.0 Å². The highest BCUT2D eigenvalue weighted by Gasteiger charge is 2.14. The van der Waals surface area contributed by atoms with Gasteiger partial charge in [-0.2, -0.15) is 0 Å². The summed E-state index contributed by atoms with van der Waals surface area (Å²) in [5.74, 6) is -0.213. The van der Waals surface area contributed by atoms with Gasteiger partial charge >= 0.3 is 0 Å². The van der Waals surface area contributed by atoms with E-state index in [1.165, 1.54) is 12.1 Å². The SMILES string of the molecule is Cc1cc(F)cc(C(=O)NC(CN)CC(C)C)c1.Cl. The molecule has 3 nitrogen and oxygen atoms in total. The molecular weight excluding hydrogens is 267 g/mol. The molecule has 0 aliphatic rings. The Morgan fingerprint density at radius 1 is 1.37 bits per heavy atom. The summed E-state index contributed by atoms with van der Waals surface area (Å²) in [6.45, 7) is 6.29. The van der Waals surface area contributed by atoms with Gasteiger partial charge in [-0.05, 0) is 43.0 Å². The number of rotatable bonds is 5. The number of carbonyl (C=O) groups excluding carboxylic acids is 1. The number of hydrogen-bond donors (Lipinski definition) is 2. The van der Waals surface area contributed by atoms with Crippen LogP contribution in [0.25, 0.3) is 0 Å². The largest absolute Gasteiger partial charge is 0.348 e. The number of hydrogen-bond acceptors (Lipinski definition) is 2. The standard InChI is InChI=1S/C14H21FN2O.ClH/c1-9(2)4-13(8-16)17-14(18)11-5-10(3)6-12(15)7-11;/h5-7,9,13H,4,8,16H2,1-3H3,(H,17,18);1H. The van der Waals surface area contributed by atoms with Crippen molar-refractivity contribution >= 4 is 18.3 Å². The predicted molar refractivity (Wildman–Crippen MR) is 78.1 cm³/mol. The molecule has 1 amide bonds.